The van der Waals surface area contributed by atoms with Crippen LogP contribution in [-0.4, -0.2) is 13.2 Å². The topological polar surface area (TPSA) is 42.2 Å². The van der Waals surface area contributed by atoms with E-state index in [0.717, 1.165) is 16.9 Å². The van der Waals surface area contributed by atoms with Crippen LogP contribution in [0.25, 0.3) is 11.1 Å². The SMILES string of the molecule is N#Cc1cccc(-c2ccc3c(c2)OCCO3)c1Cl. The molecule has 2 aromatic carbocycles. The van der Waals surface area contributed by atoms with Crippen molar-refractivity contribution in [2.75, 3.05) is 13.2 Å². The van der Waals surface area contributed by atoms with E-state index in [1.54, 1.807) is 6.07 Å². The van der Waals surface area contributed by atoms with Gasteiger partial charge in [-0.3, -0.25) is 0 Å². The van der Waals surface area contributed by atoms with Crippen molar-refractivity contribution >= 4 is 11.6 Å². The minimum Gasteiger partial charge on any atom is -0.486 e. The van der Waals surface area contributed by atoms with Crippen LogP contribution in [0.3, 0.4) is 0 Å². The van der Waals surface area contributed by atoms with Crippen LogP contribution in [0.4, 0.5) is 0 Å². The fraction of sp³-hybridized carbons (Fsp3) is 0.133. The van der Waals surface area contributed by atoms with Crippen molar-refractivity contribution < 1.29 is 9.47 Å². The molecule has 1 aliphatic heterocycles. The average molecular weight is 272 g/mol. The van der Waals surface area contributed by atoms with Gasteiger partial charge < -0.3 is 9.47 Å². The molecule has 0 radical (unpaired) electrons. The van der Waals surface area contributed by atoms with Crippen LogP contribution in [0.5, 0.6) is 11.5 Å². The van der Waals surface area contributed by atoms with Crippen molar-refractivity contribution in [3.63, 3.8) is 0 Å². The van der Waals surface area contributed by atoms with Crippen LogP contribution in [0, 0.1) is 11.3 Å². The molecule has 3 rings (SSSR count). The summed E-state index contributed by atoms with van der Waals surface area (Å²) in [5.74, 6) is 1.45. The van der Waals surface area contributed by atoms with E-state index in [2.05, 4.69) is 6.07 Å². The lowest BCUT2D eigenvalue weighted by molar-refractivity contribution is 0.171. The molecule has 0 aliphatic carbocycles. The highest BCUT2D eigenvalue weighted by Gasteiger charge is 2.14. The number of fused-ring (bicyclic) bond motifs is 1. The lowest BCUT2D eigenvalue weighted by atomic mass is 10.0. The maximum absolute atomic E-state index is 9.00. The number of halogens is 1. The first-order valence-corrected chi connectivity index (χ1v) is 6.26. The normalized spacial score (nSPS) is 12.8. The Labute approximate surface area is 116 Å². The average Bonchev–Trinajstić information content (AvgIpc) is 2.47. The van der Waals surface area contributed by atoms with Crippen LogP contribution in [0.15, 0.2) is 36.4 Å². The number of benzene rings is 2. The Kier molecular flexibility index (Phi) is 3.02. The molecule has 0 fully saturated rings. The predicted octanol–water partition coefficient (Wildman–Crippen LogP) is 3.65. The van der Waals surface area contributed by atoms with Gasteiger partial charge >= 0.3 is 0 Å². The molecule has 2 aromatic rings. The molecule has 0 N–H and O–H groups in total. The van der Waals surface area contributed by atoms with Crippen molar-refractivity contribution in [3.8, 4) is 28.7 Å². The molecule has 0 aromatic heterocycles. The van der Waals surface area contributed by atoms with Gasteiger partial charge in [-0.15, -0.1) is 0 Å². The molecule has 0 saturated heterocycles. The third-order valence-electron chi connectivity index (χ3n) is 2.97. The van der Waals surface area contributed by atoms with Crippen molar-refractivity contribution in [3.05, 3.63) is 47.0 Å². The summed E-state index contributed by atoms with van der Waals surface area (Å²) in [6.07, 6.45) is 0. The predicted molar refractivity (Wildman–Crippen MR) is 72.6 cm³/mol. The fourth-order valence-electron chi connectivity index (χ4n) is 2.05. The van der Waals surface area contributed by atoms with Gasteiger partial charge in [-0.1, -0.05) is 29.8 Å². The molecule has 3 nitrogen and oxygen atoms in total. The Morgan fingerprint density at radius 2 is 1.84 bits per heavy atom. The van der Waals surface area contributed by atoms with E-state index >= 15 is 0 Å². The molecule has 94 valence electrons. The molecule has 0 amide bonds. The van der Waals surface area contributed by atoms with E-state index in [0.29, 0.717) is 29.5 Å². The lowest BCUT2D eigenvalue weighted by Gasteiger charge is -2.19. The summed E-state index contributed by atoms with van der Waals surface area (Å²) in [4.78, 5) is 0. The quantitative estimate of drug-likeness (QED) is 0.795. The molecule has 4 heteroatoms. The Balaban J connectivity index is 2.10. The monoisotopic (exact) mass is 271 g/mol. The Hall–Kier alpha value is -2.18. The first-order valence-electron chi connectivity index (χ1n) is 5.88. The van der Waals surface area contributed by atoms with Crippen LogP contribution >= 0.6 is 11.6 Å². The number of nitriles is 1. The van der Waals surface area contributed by atoms with Crippen LogP contribution in [-0.2, 0) is 0 Å². The molecule has 0 atom stereocenters. The molecule has 19 heavy (non-hydrogen) atoms. The smallest absolute Gasteiger partial charge is 0.161 e. The molecule has 1 aliphatic rings. The first-order chi connectivity index (χ1) is 9.29. The molecule has 0 spiro atoms. The summed E-state index contributed by atoms with van der Waals surface area (Å²) in [6, 6.07) is 13.1. The van der Waals surface area contributed by atoms with E-state index in [1.807, 2.05) is 30.3 Å². The second kappa shape index (κ2) is 4.83. The molecule has 1 heterocycles. The van der Waals surface area contributed by atoms with E-state index in [9.17, 15) is 0 Å². The van der Waals surface area contributed by atoms with Crippen LogP contribution < -0.4 is 9.47 Å². The number of hydrogen-bond donors (Lipinski definition) is 0. The summed E-state index contributed by atoms with van der Waals surface area (Å²) in [5, 5.41) is 9.46. The van der Waals surface area contributed by atoms with Gasteiger partial charge in [-0.05, 0) is 23.8 Å². The second-order valence-electron chi connectivity index (χ2n) is 4.14. The standard InChI is InChI=1S/C15H10ClNO2/c16-15-11(9-17)2-1-3-12(15)10-4-5-13-14(8-10)19-7-6-18-13/h1-5,8H,6-7H2. The fourth-order valence-corrected chi connectivity index (χ4v) is 2.33. The maximum atomic E-state index is 9.00. The number of nitrogens with zero attached hydrogens (tertiary/aromatic N) is 1. The summed E-state index contributed by atoms with van der Waals surface area (Å²) >= 11 is 6.23. The highest BCUT2D eigenvalue weighted by Crippen LogP contribution is 2.37. The van der Waals surface area contributed by atoms with Crippen molar-refractivity contribution in [1.29, 1.82) is 5.26 Å². The summed E-state index contributed by atoms with van der Waals surface area (Å²) in [6.45, 7) is 1.11. The minimum atomic E-state index is 0.460. The molecule has 0 bridgehead atoms. The zero-order valence-corrected chi connectivity index (χ0v) is 10.8. The summed E-state index contributed by atoms with van der Waals surface area (Å²) < 4.78 is 11.0. The van der Waals surface area contributed by atoms with Gasteiger partial charge in [0.25, 0.3) is 0 Å². The van der Waals surface area contributed by atoms with Gasteiger partial charge in [-0.25, -0.2) is 0 Å². The lowest BCUT2D eigenvalue weighted by Crippen LogP contribution is -2.15. The van der Waals surface area contributed by atoms with Crippen LogP contribution in [0.2, 0.25) is 5.02 Å². The van der Waals surface area contributed by atoms with Gasteiger partial charge in [0.15, 0.2) is 11.5 Å². The van der Waals surface area contributed by atoms with Gasteiger partial charge in [-0.2, -0.15) is 5.26 Å². The van der Waals surface area contributed by atoms with E-state index in [1.165, 1.54) is 0 Å². The summed E-state index contributed by atoms with van der Waals surface area (Å²) in [5.41, 5.74) is 2.19. The Morgan fingerprint density at radius 3 is 2.63 bits per heavy atom. The van der Waals surface area contributed by atoms with Crippen molar-refractivity contribution in [2.24, 2.45) is 0 Å². The third-order valence-corrected chi connectivity index (χ3v) is 3.38. The zero-order valence-electron chi connectivity index (χ0n) is 10.0. The van der Waals surface area contributed by atoms with Gasteiger partial charge in [0.1, 0.15) is 19.3 Å². The molecular weight excluding hydrogens is 262 g/mol. The van der Waals surface area contributed by atoms with E-state index < -0.39 is 0 Å². The molecular formula is C15H10ClNO2. The molecule has 0 unspecified atom stereocenters. The van der Waals surface area contributed by atoms with Gasteiger partial charge in [0, 0.05) is 5.56 Å². The Bertz CT molecular complexity index is 676. The van der Waals surface area contributed by atoms with E-state index in [4.69, 9.17) is 26.3 Å². The van der Waals surface area contributed by atoms with Crippen LogP contribution in [0.1, 0.15) is 5.56 Å². The van der Waals surface area contributed by atoms with Crippen molar-refractivity contribution in [1.82, 2.24) is 0 Å². The van der Waals surface area contributed by atoms with E-state index in [-0.39, 0.29) is 0 Å². The first kappa shape index (κ1) is 11.9. The van der Waals surface area contributed by atoms with Crippen molar-refractivity contribution in [2.45, 2.75) is 0 Å². The third kappa shape index (κ3) is 2.11. The number of rotatable bonds is 1. The maximum Gasteiger partial charge on any atom is 0.161 e. The highest BCUT2D eigenvalue weighted by molar-refractivity contribution is 6.34. The number of ether oxygens (including phenoxy) is 2. The largest absolute Gasteiger partial charge is 0.486 e. The Morgan fingerprint density at radius 1 is 1.05 bits per heavy atom. The minimum absolute atomic E-state index is 0.460. The highest BCUT2D eigenvalue weighted by atomic mass is 35.5. The molecule has 0 saturated carbocycles. The summed E-state index contributed by atoms with van der Waals surface area (Å²) in [7, 11) is 0. The second-order valence-corrected chi connectivity index (χ2v) is 4.52. The number of hydrogen-bond acceptors (Lipinski definition) is 3. The van der Waals surface area contributed by atoms with Gasteiger partial charge in [0.05, 0.1) is 10.6 Å². The zero-order chi connectivity index (χ0) is 13.2. The van der Waals surface area contributed by atoms with Gasteiger partial charge in [0.2, 0.25) is 0 Å².